The Morgan fingerprint density at radius 2 is 1.89 bits per heavy atom. The minimum atomic E-state index is -0.454. The van der Waals surface area contributed by atoms with Crippen molar-refractivity contribution in [3.63, 3.8) is 0 Å². The van der Waals surface area contributed by atoms with Crippen molar-refractivity contribution in [1.82, 2.24) is 30.6 Å². The predicted octanol–water partition coefficient (Wildman–Crippen LogP) is 2.63. The molecular weight excluding hydrogens is 454 g/mol. The van der Waals surface area contributed by atoms with Crippen molar-refractivity contribution in [2.45, 2.75) is 18.4 Å². The molecule has 0 saturated carbocycles. The van der Waals surface area contributed by atoms with Gasteiger partial charge in [-0.2, -0.15) is 23.5 Å². The van der Waals surface area contributed by atoms with Crippen LogP contribution in [0.4, 0.5) is 0 Å². The second-order valence-corrected chi connectivity index (χ2v) is 8.39. The van der Waals surface area contributed by atoms with Gasteiger partial charge in [0, 0.05) is 41.8 Å². The number of nitro groups is 1. The molecule has 0 atom stereocenters. The molecule has 0 saturated heterocycles. The fraction of sp³-hybridized carbons (Fsp3) is 0.467. The van der Waals surface area contributed by atoms with Gasteiger partial charge in [0.2, 0.25) is 0 Å². The van der Waals surface area contributed by atoms with Gasteiger partial charge in [-0.1, -0.05) is 0 Å². The highest BCUT2D eigenvalue weighted by Crippen LogP contribution is 2.17. The van der Waals surface area contributed by atoms with Gasteiger partial charge in [-0.05, 0) is 22.9 Å². The van der Waals surface area contributed by atoms with Crippen molar-refractivity contribution >= 4 is 39.5 Å². The van der Waals surface area contributed by atoms with Crippen LogP contribution in [-0.2, 0) is 11.5 Å². The zero-order valence-electron chi connectivity index (χ0n) is 14.8. The van der Waals surface area contributed by atoms with Crippen molar-refractivity contribution in [3.8, 4) is 0 Å². The van der Waals surface area contributed by atoms with Crippen LogP contribution < -0.4 is 10.6 Å². The van der Waals surface area contributed by atoms with Gasteiger partial charge in [0.05, 0.1) is 29.0 Å². The normalized spacial score (nSPS) is 11.6. The van der Waals surface area contributed by atoms with E-state index in [4.69, 9.17) is 0 Å². The van der Waals surface area contributed by atoms with Gasteiger partial charge < -0.3 is 20.6 Å². The summed E-state index contributed by atoms with van der Waals surface area (Å²) in [7, 11) is 0. The van der Waals surface area contributed by atoms with Crippen molar-refractivity contribution < 1.29 is 4.92 Å². The van der Waals surface area contributed by atoms with E-state index in [-0.39, 0.29) is 0 Å². The third-order valence-electron chi connectivity index (χ3n) is 3.44. The Labute approximate surface area is 174 Å². The summed E-state index contributed by atoms with van der Waals surface area (Å²) in [4.78, 5) is 24.8. The Morgan fingerprint density at radius 1 is 1.22 bits per heavy atom. The number of H-pyrrole nitrogens is 2. The quantitative estimate of drug-likeness (QED) is 0.198. The molecule has 0 aliphatic carbocycles. The van der Waals surface area contributed by atoms with Gasteiger partial charge in [-0.25, -0.2) is 9.97 Å². The maximum Gasteiger partial charge on any atom is 0.274 e. The first-order valence-electron chi connectivity index (χ1n) is 8.21. The smallest absolute Gasteiger partial charge is 0.274 e. The number of imidazole rings is 2. The highest BCUT2D eigenvalue weighted by molar-refractivity contribution is 9.10. The zero-order chi connectivity index (χ0) is 19.5. The minimum Gasteiger partial charge on any atom is -0.366 e. The lowest BCUT2D eigenvalue weighted by molar-refractivity contribution is -0.404. The molecule has 0 spiro atoms. The summed E-state index contributed by atoms with van der Waals surface area (Å²) in [5, 5.41) is 17.0. The number of aromatic amines is 2. The Morgan fingerprint density at radius 3 is 2.44 bits per heavy atom. The van der Waals surface area contributed by atoms with Crippen LogP contribution in [0.2, 0.25) is 0 Å². The molecule has 0 amide bonds. The Kier molecular flexibility index (Phi) is 9.56. The van der Waals surface area contributed by atoms with E-state index in [2.05, 4.69) is 46.5 Å². The lowest BCUT2D eigenvalue weighted by Gasteiger charge is -2.11. The van der Waals surface area contributed by atoms with Crippen molar-refractivity contribution in [2.75, 3.05) is 24.6 Å². The summed E-state index contributed by atoms with van der Waals surface area (Å²) in [6.45, 7) is 3.25. The topological polar surface area (TPSA) is 125 Å². The average molecular weight is 476 g/mol. The molecule has 0 aromatic carbocycles. The fourth-order valence-corrected chi connectivity index (χ4v) is 4.29. The Hall–Kier alpha value is -1.66. The first-order valence-corrected chi connectivity index (χ1v) is 11.3. The maximum atomic E-state index is 10.8. The summed E-state index contributed by atoms with van der Waals surface area (Å²) >= 11 is 6.82. The maximum absolute atomic E-state index is 10.8. The molecule has 12 heteroatoms. The third kappa shape index (κ3) is 8.26. The van der Waals surface area contributed by atoms with E-state index >= 15 is 0 Å². The summed E-state index contributed by atoms with van der Waals surface area (Å²) in [6, 6.07) is 0. The van der Waals surface area contributed by atoms with E-state index in [0.717, 1.165) is 50.9 Å². The zero-order valence-corrected chi connectivity index (χ0v) is 18.0. The Balaban J connectivity index is 1.61. The molecule has 27 heavy (non-hydrogen) atoms. The van der Waals surface area contributed by atoms with Crippen molar-refractivity contribution in [1.29, 1.82) is 0 Å². The van der Waals surface area contributed by atoms with Gasteiger partial charge in [0.15, 0.2) is 5.82 Å². The molecule has 148 valence electrons. The lowest BCUT2D eigenvalue weighted by atomic mass is 10.4. The summed E-state index contributed by atoms with van der Waals surface area (Å²) in [5.74, 6) is 3.69. The average Bonchev–Trinajstić information content (AvgIpc) is 3.22. The predicted molar refractivity (Wildman–Crippen MR) is 113 cm³/mol. The third-order valence-corrected chi connectivity index (χ3v) is 6.08. The van der Waals surface area contributed by atoms with E-state index in [0.29, 0.717) is 18.9 Å². The molecule has 2 heterocycles. The number of aryl methyl sites for hydroxylation is 1. The number of hydrogen-bond donors (Lipinski definition) is 4. The number of nitrogens with one attached hydrogen (secondary N) is 4. The molecule has 0 fully saturated rings. The fourth-order valence-electron chi connectivity index (χ4n) is 2.06. The van der Waals surface area contributed by atoms with Crippen LogP contribution in [0.1, 0.15) is 17.1 Å². The summed E-state index contributed by atoms with van der Waals surface area (Å²) in [5.41, 5.74) is 3.15. The molecule has 0 bridgehead atoms. The highest BCUT2D eigenvalue weighted by atomic mass is 79.9. The molecule has 0 unspecified atom stereocenters. The van der Waals surface area contributed by atoms with Crippen LogP contribution in [-0.4, -0.2) is 49.5 Å². The SMILES string of the molecule is Cc1[nH]cnc1CSCCN/C(=C/[N+](=O)[O-])NCCSCc1[nH]cnc1Br. The van der Waals surface area contributed by atoms with Crippen LogP contribution in [0.5, 0.6) is 0 Å². The van der Waals surface area contributed by atoms with Gasteiger partial charge in [-0.3, -0.25) is 10.1 Å². The van der Waals surface area contributed by atoms with E-state index in [1.165, 1.54) is 0 Å². The number of nitrogens with zero attached hydrogens (tertiary/aromatic N) is 3. The van der Waals surface area contributed by atoms with E-state index < -0.39 is 4.92 Å². The van der Waals surface area contributed by atoms with E-state index in [1.54, 1.807) is 36.2 Å². The van der Waals surface area contributed by atoms with Gasteiger partial charge in [0.25, 0.3) is 6.20 Å². The molecule has 9 nitrogen and oxygen atoms in total. The van der Waals surface area contributed by atoms with Crippen LogP contribution in [0, 0.1) is 17.0 Å². The second-order valence-electron chi connectivity index (χ2n) is 5.43. The second kappa shape index (κ2) is 11.9. The van der Waals surface area contributed by atoms with Gasteiger partial charge >= 0.3 is 0 Å². The standard InChI is InChI=1S/C15H22BrN7O2S2/c1-11-12(20-9-19-11)7-26-4-2-17-14(6-23(24)25)18-3-5-27-8-13-15(16)22-10-21-13/h6,9-10,17-18H,2-5,7-8H2,1H3,(H,19,20)(H,21,22)/b14-6-. The van der Waals surface area contributed by atoms with E-state index in [9.17, 15) is 10.1 Å². The number of aromatic nitrogens is 4. The number of halogens is 1. The molecule has 0 aliphatic rings. The molecule has 2 rings (SSSR count). The minimum absolute atomic E-state index is 0.430. The van der Waals surface area contributed by atoms with Crippen LogP contribution in [0.15, 0.2) is 29.3 Å². The molecule has 2 aromatic heterocycles. The van der Waals surface area contributed by atoms with Crippen molar-refractivity contribution in [3.05, 3.63) is 56.5 Å². The van der Waals surface area contributed by atoms with Crippen LogP contribution in [0.3, 0.4) is 0 Å². The first-order chi connectivity index (χ1) is 13.1. The van der Waals surface area contributed by atoms with Crippen LogP contribution >= 0.6 is 39.5 Å². The highest BCUT2D eigenvalue weighted by Gasteiger charge is 2.05. The number of rotatable bonds is 13. The monoisotopic (exact) mass is 475 g/mol. The van der Waals surface area contributed by atoms with Gasteiger partial charge in [0.1, 0.15) is 4.60 Å². The molecule has 2 aromatic rings. The summed E-state index contributed by atoms with van der Waals surface area (Å²) in [6.07, 6.45) is 4.30. The number of hydrogen-bond acceptors (Lipinski definition) is 8. The molecule has 4 N–H and O–H groups in total. The molecule has 0 radical (unpaired) electrons. The molecular formula is C15H22BrN7O2S2. The molecule has 0 aliphatic heterocycles. The van der Waals surface area contributed by atoms with Crippen molar-refractivity contribution in [2.24, 2.45) is 0 Å². The van der Waals surface area contributed by atoms with Crippen LogP contribution in [0.25, 0.3) is 0 Å². The largest absolute Gasteiger partial charge is 0.366 e. The summed E-state index contributed by atoms with van der Waals surface area (Å²) < 4.78 is 0.820. The lowest BCUT2D eigenvalue weighted by Crippen LogP contribution is -2.30. The van der Waals surface area contributed by atoms with Gasteiger partial charge in [-0.15, -0.1) is 0 Å². The first kappa shape index (κ1) is 21.6. The number of thioether (sulfide) groups is 2. The van der Waals surface area contributed by atoms with E-state index in [1.807, 2.05) is 6.92 Å². The Bertz CT molecular complexity index is 698.